The minimum atomic E-state index is -1.43. The molecule has 0 saturated heterocycles. The lowest BCUT2D eigenvalue weighted by molar-refractivity contribution is 0.0371. The highest BCUT2D eigenvalue weighted by Crippen LogP contribution is 2.37. The van der Waals surface area contributed by atoms with E-state index in [1.54, 1.807) is 16.8 Å². The molecule has 1 aliphatic rings. The van der Waals surface area contributed by atoms with Crippen molar-refractivity contribution in [2.24, 2.45) is 0 Å². The van der Waals surface area contributed by atoms with Crippen LogP contribution in [0.1, 0.15) is 29.4 Å². The maximum atomic E-state index is 12.2. The first-order valence-electron chi connectivity index (χ1n) is 6.17. The van der Waals surface area contributed by atoms with Gasteiger partial charge in [-0.2, -0.15) is 0 Å². The van der Waals surface area contributed by atoms with Gasteiger partial charge in [-0.3, -0.25) is 4.79 Å². The lowest BCUT2D eigenvalue weighted by atomic mass is 10.0. The topological polar surface area (TPSA) is 121 Å². The number of carbonyl (C=O) groups is 1. The summed E-state index contributed by atoms with van der Waals surface area (Å²) in [5, 5.41) is 30.1. The number of anilines is 1. The monoisotopic (exact) mass is 269 g/mol. The van der Waals surface area contributed by atoms with Crippen molar-refractivity contribution in [1.29, 1.82) is 0 Å². The van der Waals surface area contributed by atoms with E-state index in [9.17, 15) is 20.1 Å². The first-order valence-corrected chi connectivity index (χ1v) is 6.17. The number of carbonyl (C=O) groups excluding carboxylic acids is 1. The molecule has 0 aromatic carbocycles. The van der Waals surface area contributed by atoms with E-state index in [2.05, 4.69) is 5.32 Å². The summed E-state index contributed by atoms with van der Waals surface area (Å²) in [5.41, 5.74) is 5.13. The lowest BCUT2D eigenvalue weighted by Gasteiger charge is -2.28. The summed E-state index contributed by atoms with van der Waals surface area (Å²) in [7, 11) is 0. The van der Waals surface area contributed by atoms with Gasteiger partial charge in [0, 0.05) is 12.2 Å². The molecular weight excluding hydrogens is 250 g/mol. The molecule has 1 saturated carbocycles. The fourth-order valence-corrected chi connectivity index (χ4v) is 1.91. The fourth-order valence-electron chi connectivity index (χ4n) is 1.91. The van der Waals surface area contributed by atoms with Crippen LogP contribution in [0.3, 0.4) is 0 Å². The van der Waals surface area contributed by atoms with Gasteiger partial charge in [0.25, 0.3) is 5.91 Å². The third kappa shape index (κ3) is 2.73. The number of nitrogens with two attached hydrogens (primary N) is 1. The zero-order valence-corrected chi connectivity index (χ0v) is 10.5. The van der Waals surface area contributed by atoms with E-state index in [0.29, 0.717) is 11.4 Å². The van der Waals surface area contributed by atoms with Crippen LogP contribution in [0.5, 0.6) is 0 Å². The van der Waals surface area contributed by atoms with Crippen molar-refractivity contribution in [3.8, 4) is 0 Å². The molecule has 0 radical (unpaired) electrons. The number of nitrogen functional groups attached to an aromatic ring is 1. The van der Waals surface area contributed by atoms with E-state index in [1.165, 1.54) is 0 Å². The maximum absolute atomic E-state index is 12.2. The average Bonchev–Trinajstić information content (AvgIpc) is 3.19. The van der Waals surface area contributed by atoms with Gasteiger partial charge in [-0.05, 0) is 18.9 Å². The Balaban J connectivity index is 2.19. The van der Waals surface area contributed by atoms with Gasteiger partial charge in [0.2, 0.25) is 0 Å². The summed E-state index contributed by atoms with van der Waals surface area (Å²) in [6, 6.07) is 1.83. The molecule has 1 aromatic heterocycles. The summed E-state index contributed by atoms with van der Waals surface area (Å²) in [5.74, 6) is -0.472. The minimum absolute atomic E-state index is 0.282. The number of amides is 1. The number of aliphatic hydroxyl groups is 3. The van der Waals surface area contributed by atoms with Gasteiger partial charge >= 0.3 is 0 Å². The third-order valence-electron chi connectivity index (χ3n) is 3.33. The highest BCUT2D eigenvalue weighted by molar-refractivity contribution is 5.94. The van der Waals surface area contributed by atoms with Crippen LogP contribution < -0.4 is 11.1 Å². The van der Waals surface area contributed by atoms with Crippen LogP contribution >= 0.6 is 0 Å². The first-order chi connectivity index (χ1) is 9.05. The first kappa shape index (κ1) is 13.9. The highest BCUT2D eigenvalue weighted by Gasteiger charge is 2.33. The molecule has 0 unspecified atom stereocenters. The Hall–Kier alpha value is -1.57. The Morgan fingerprint density at radius 1 is 1.37 bits per heavy atom. The number of rotatable bonds is 6. The molecule has 0 aliphatic heterocycles. The van der Waals surface area contributed by atoms with Gasteiger partial charge in [0.1, 0.15) is 11.2 Å². The van der Waals surface area contributed by atoms with Gasteiger partial charge in [-0.15, -0.1) is 0 Å². The number of nitrogens with one attached hydrogen (secondary N) is 1. The molecule has 0 spiro atoms. The van der Waals surface area contributed by atoms with Crippen LogP contribution in [-0.2, 0) is 0 Å². The number of aliphatic hydroxyl groups excluding tert-OH is 3. The van der Waals surface area contributed by atoms with Crippen LogP contribution in [0.25, 0.3) is 0 Å². The van der Waals surface area contributed by atoms with Crippen LogP contribution in [0, 0.1) is 0 Å². The molecule has 7 heteroatoms. The quantitative estimate of drug-likeness (QED) is 0.446. The van der Waals surface area contributed by atoms with Gasteiger partial charge in [-0.1, -0.05) is 0 Å². The Kier molecular flexibility index (Phi) is 3.79. The third-order valence-corrected chi connectivity index (χ3v) is 3.33. The van der Waals surface area contributed by atoms with E-state index >= 15 is 0 Å². The molecular formula is C12H19N3O4. The molecule has 7 nitrogen and oxygen atoms in total. The molecule has 1 fully saturated rings. The van der Waals surface area contributed by atoms with Crippen molar-refractivity contribution < 1.29 is 20.1 Å². The van der Waals surface area contributed by atoms with Crippen LogP contribution in [0.4, 0.5) is 5.69 Å². The fraction of sp³-hybridized carbons (Fsp3) is 0.583. The van der Waals surface area contributed by atoms with E-state index in [1.807, 2.05) is 0 Å². The molecule has 1 aromatic rings. The summed E-state index contributed by atoms with van der Waals surface area (Å²) in [6.07, 6.45) is 3.70. The van der Waals surface area contributed by atoms with E-state index in [-0.39, 0.29) is 6.04 Å². The Bertz CT molecular complexity index is 455. The van der Waals surface area contributed by atoms with Crippen molar-refractivity contribution >= 4 is 11.6 Å². The number of hydrogen-bond donors (Lipinski definition) is 5. The number of nitrogens with zero attached hydrogens (tertiary/aromatic N) is 1. The van der Waals surface area contributed by atoms with Gasteiger partial charge in [0.15, 0.2) is 0 Å². The van der Waals surface area contributed by atoms with Crippen LogP contribution in [0.2, 0.25) is 0 Å². The van der Waals surface area contributed by atoms with E-state index < -0.39 is 31.3 Å². The maximum Gasteiger partial charge on any atom is 0.268 e. The van der Waals surface area contributed by atoms with Crippen LogP contribution in [0.15, 0.2) is 12.3 Å². The highest BCUT2D eigenvalue weighted by atomic mass is 16.3. The summed E-state index contributed by atoms with van der Waals surface area (Å²) in [6.45, 7) is -1.65. The second kappa shape index (κ2) is 5.20. The van der Waals surface area contributed by atoms with Crippen molar-refractivity contribution in [2.45, 2.75) is 24.4 Å². The van der Waals surface area contributed by atoms with E-state index in [0.717, 1.165) is 12.8 Å². The molecule has 0 bridgehead atoms. The normalized spacial score (nSPS) is 15.5. The Morgan fingerprint density at radius 3 is 2.42 bits per heavy atom. The average molecular weight is 269 g/mol. The van der Waals surface area contributed by atoms with Crippen LogP contribution in [-0.4, -0.2) is 51.2 Å². The minimum Gasteiger partial charge on any atom is -0.397 e. The lowest BCUT2D eigenvalue weighted by Crippen LogP contribution is -2.57. The smallest absolute Gasteiger partial charge is 0.268 e. The summed E-state index contributed by atoms with van der Waals surface area (Å²) in [4.78, 5) is 12.2. The molecule has 1 heterocycles. The van der Waals surface area contributed by atoms with Crippen molar-refractivity contribution in [3.63, 3.8) is 0 Å². The molecule has 19 heavy (non-hydrogen) atoms. The Labute approximate surface area is 110 Å². The molecule has 6 N–H and O–H groups in total. The largest absolute Gasteiger partial charge is 0.397 e. The predicted molar refractivity (Wildman–Crippen MR) is 68.6 cm³/mol. The van der Waals surface area contributed by atoms with Gasteiger partial charge < -0.3 is 30.9 Å². The zero-order valence-electron chi connectivity index (χ0n) is 10.5. The molecule has 106 valence electrons. The second-order valence-corrected chi connectivity index (χ2v) is 5.01. The molecule has 1 aliphatic carbocycles. The van der Waals surface area contributed by atoms with E-state index in [4.69, 9.17) is 5.73 Å². The van der Waals surface area contributed by atoms with Gasteiger partial charge in [-0.25, -0.2) is 0 Å². The van der Waals surface area contributed by atoms with Gasteiger partial charge in [0.05, 0.1) is 25.5 Å². The molecule has 0 atom stereocenters. The SMILES string of the molecule is Nc1cc(C(=O)NC(CO)(CO)CO)n(C2CC2)c1. The summed E-state index contributed by atoms with van der Waals surface area (Å²) < 4.78 is 1.79. The second-order valence-electron chi connectivity index (χ2n) is 5.01. The number of aromatic nitrogens is 1. The van der Waals surface area contributed by atoms with Crippen molar-refractivity contribution in [1.82, 2.24) is 9.88 Å². The standard InChI is InChI=1S/C12H19N3O4/c13-8-3-10(15(4-8)9-1-2-9)11(19)14-12(5-16,6-17)7-18/h3-4,9,16-18H,1-2,5-7,13H2,(H,14,19). The van der Waals surface area contributed by atoms with Crippen molar-refractivity contribution in [3.05, 3.63) is 18.0 Å². The predicted octanol–water partition coefficient (Wildman–Crippen LogP) is -1.15. The molecule has 1 amide bonds. The molecule has 2 rings (SSSR count). The Morgan fingerprint density at radius 2 is 1.95 bits per heavy atom. The number of hydrogen-bond acceptors (Lipinski definition) is 5. The summed E-state index contributed by atoms with van der Waals surface area (Å²) >= 11 is 0. The zero-order chi connectivity index (χ0) is 14.0. The van der Waals surface area contributed by atoms with Crippen molar-refractivity contribution in [2.75, 3.05) is 25.6 Å².